The molecule has 0 heterocycles. The van der Waals surface area contributed by atoms with E-state index >= 15 is 0 Å². The van der Waals surface area contributed by atoms with E-state index in [9.17, 15) is 14.4 Å². The molecule has 0 fully saturated rings. The number of carbonyl (C=O) groups excluding carboxylic acids is 3. The molecule has 6 nitrogen and oxygen atoms in total. The summed E-state index contributed by atoms with van der Waals surface area (Å²) in [4.78, 5) is 38.1. The van der Waals surface area contributed by atoms with E-state index in [1.807, 2.05) is 0 Å². The summed E-state index contributed by atoms with van der Waals surface area (Å²) in [5.41, 5.74) is 0. The molecule has 0 aliphatic heterocycles. The average molecular weight is 906 g/mol. The summed E-state index contributed by atoms with van der Waals surface area (Å²) in [5.74, 6) is 0.826. The average Bonchev–Trinajstić information content (AvgIpc) is 3.27. The fourth-order valence-electron chi connectivity index (χ4n) is 8.87. The van der Waals surface area contributed by atoms with Crippen LogP contribution in [0.2, 0.25) is 0 Å². The number of unbranched alkanes of at least 4 members (excludes halogenated alkanes) is 37. The smallest absolute Gasteiger partial charge is 0.306 e. The second-order valence-electron chi connectivity index (χ2n) is 20.9. The molecule has 1 atom stereocenters. The number of hydrogen-bond donors (Lipinski definition) is 0. The Bertz CT molecular complexity index is 978. The van der Waals surface area contributed by atoms with Gasteiger partial charge in [0.1, 0.15) is 13.2 Å². The van der Waals surface area contributed by atoms with Crippen molar-refractivity contribution in [3.05, 3.63) is 0 Å². The Labute approximate surface area is 399 Å². The van der Waals surface area contributed by atoms with Crippen LogP contribution in [0, 0.1) is 11.8 Å². The molecule has 0 N–H and O–H groups in total. The standard InChI is InChI=1S/C58H112O6/c1-6-7-8-9-10-11-12-13-14-15-16-23-28-33-38-43-48-56(59)62-51-55(64-58(61)50-45-40-35-30-25-20-18-22-27-32-37-42-47-54(4)5)52-63-57(60)49-44-39-34-29-24-19-17-21-26-31-36-41-46-53(2)3/h53-55H,6-52H2,1-5H3/t55-/m1/s1. The van der Waals surface area contributed by atoms with Gasteiger partial charge in [0.25, 0.3) is 0 Å². The molecule has 0 saturated heterocycles. The molecule has 0 amide bonds. The maximum atomic E-state index is 12.8. The first-order chi connectivity index (χ1) is 31.2. The highest BCUT2D eigenvalue weighted by Gasteiger charge is 2.19. The molecule has 0 aromatic rings. The summed E-state index contributed by atoms with van der Waals surface area (Å²) >= 11 is 0. The first-order valence-corrected chi connectivity index (χ1v) is 28.7. The number of carbonyl (C=O) groups is 3. The van der Waals surface area contributed by atoms with Gasteiger partial charge in [-0.3, -0.25) is 14.4 Å². The third-order valence-corrected chi connectivity index (χ3v) is 13.2. The van der Waals surface area contributed by atoms with Gasteiger partial charge in [-0.25, -0.2) is 0 Å². The van der Waals surface area contributed by atoms with Crippen LogP contribution in [-0.4, -0.2) is 37.2 Å². The molecule has 0 aromatic carbocycles. The predicted octanol–water partition coefficient (Wildman–Crippen LogP) is 18.9. The number of rotatable bonds is 52. The van der Waals surface area contributed by atoms with Crippen molar-refractivity contribution in [3.63, 3.8) is 0 Å². The Morgan fingerprint density at radius 3 is 0.766 bits per heavy atom. The van der Waals surface area contributed by atoms with Crippen LogP contribution in [-0.2, 0) is 28.6 Å². The summed E-state index contributed by atoms with van der Waals surface area (Å²) in [6.07, 6.45) is 53.7. The zero-order valence-corrected chi connectivity index (χ0v) is 43.9. The van der Waals surface area contributed by atoms with Crippen molar-refractivity contribution in [2.75, 3.05) is 13.2 Å². The highest BCUT2D eigenvalue weighted by atomic mass is 16.6. The molecule has 0 saturated carbocycles. The lowest BCUT2D eigenvalue weighted by Crippen LogP contribution is -2.30. The highest BCUT2D eigenvalue weighted by molar-refractivity contribution is 5.71. The molecule has 0 radical (unpaired) electrons. The minimum atomic E-state index is -0.763. The Kier molecular flexibility index (Phi) is 49.6. The summed E-state index contributed by atoms with van der Waals surface area (Å²) in [7, 11) is 0. The minimum Gasteiger partial charge on any atom is -0.462 e. The number of esters is 3. The van der Waals surface area contributed by atoms with Gasteiger partial charge in [0.2, 0.25) is 0 Å². The number of hydrogen-bond acceptors (Lipinski definition) is 6. The van der Waals surface area contributed by atoms with Gasteiger partial charge in [0.15, 0.2) is 6.10 Å². The Morgan fingerprint density at radius 2 is 0.516 bits per heavy atom. The molecule has 0 bridgehead atoms. The molecule has 0 aliphatic rings. The van der Waals surface area contributed by atoms with Crippen LogP contribution in [0.15, 0.2) is 0 Å². The van der Waals surface area contributed by atoms with Crippen molar-refractivity contribution >= 4 is 17.9 Å². The van der Waals surface area contributed by atoms with E-state index in [4.69, 9.17) is 14.2 Å². The second kappa shape index (κ2) is 50.8. The van der Waals surface area contributed by atoms with Crippen LogP contribution < -0.4 is 0 Å². The van der Waals surface area contributed by atoms with E-state index in [1.165, 1.54) is 212 Å². The summed E-state index contributed by atoms with van der Waals surface area (Å²) in [5, 5.41) is 0. The SMILES string of the molecule is CCCCCCCCCCCCCCCCCCC(=O)OC[C@H](COC(=O)CCCCCCCCCCCCCCC(C)C)OC(=O)CCCCCCCCCCCCCCC(C)C. The van der Waals surface area contributed by atoms with Gasteiger partial charge in [-0.2, -0.15) is 0 Å². The topological polar surface area (TPSA) is 78.9 Å². The lowest BCUT2D eigenvalue weighted by atomic mass is 10.0. The van der Waals surface area contributed by atoms with Crippen molar-refractivity contribution in [1.82, 2.24) is 0 Å². The lowest BCUT2D eigenvalue weighted by molar-refractivity contribution is -0.167. The van der Waals surface area contributed by atoms with Gasteiger partial charge in [-0.15, -0.1) is 0 Å². The molecule has 0 aliphatic carbocycles. The second-order valence-corrected chi connectivity index (χ2v) is 20.9. The maximum absolute atomic E-state index is 12.8. The fourth-order valence-corrected chi connectivity index (χ4v) is 8.87. The van der Waals surface area contributed by atoms with Crippen molar-refractivity contribution in [2.45, 2.75) is 330 Å². The van der Waals surface area contributed by atoms with Gasteiger partial charge in [-0.05, 0) is 31.1 Å². The van der Waals surface area contributed by atoms with Crippen LogP contribution >= 0.6 is 0 Å². The van der Waals surface area contributed by atoms with Crippen molar-refractivity contribution < 1.29 is 28.6 Å². The van der Waals surface area contributed by atoms with Crippen molar-refractivity contribution in [3.8, 4) is 0 Å². The third kappa shape index (κ3) is 51.4. The zero-order valence-electron chi connectivity index (χ0n) is 43.9. The quantitative estimate of drug-likeness (QED) is 0.0344. The van der Waals surface area contributed by atoms with Crippen LogP contribution in [0.25, 0.3) is 0 Å². The Hall–Kier alpha value is -1.59. The van der Waals surface area contributed by atoms with Crippen molar-refractivity contribution in [1.29, 1.82) is 0 Å². The Morgan fingerprint density at radius 1 is 0.297 bits per heavy atom. The molecule has 0 spiro atoms. The van der Waals surface area contributed by atoms with Gasteiger partial charge < -0.3 is 14.2 Å². The normalized spacial score (nSPS) is 12.0. The minimum absolute atomic E-state index is 0.0627. The summed E-state index contributed by atoms with van der Waals surface area (Å²) in [6, 6.07) is 0. The van der Waals surface area contributed by atoms with Crippen molar-refractivity contribution in [2.24, 2.45) is 11.8 Å². The maximum Gasteiger partial charge on any atom is 0.306 e. The number of ether oxygens (including phenoxy) is 3. The molecular weight excluding hydrogens is 793 g/mol. The largest absolute Gasteiger partial charge is 0.462 e. The first kappa shape index (κ1) is 62.4. The van der Waals surface area contributed by atoms with E-state index in [1.54, 1.807) is 0 Å². The molecule has 64 heavy (non-hydrogen) atoms. The van der Waals surface area contributed by atoms with E-state index in [-0.39, 0.29) is 31.1 Å². The molecular formula is C58H112O6. The van der Waals surface area contributed by atoms with E-state index in [0.29, 0.717) is 19.3 Å². The third-order valence-electron chi connectivity index (χ3n) is 13.2. The van der Waals surface area contributed by atoms with Gasteiger partial charge in [-0.1, -0.05) is 285 Å². The summed E-state index contributed by atoms with van der Waals surface area (Å²) < 4.78 is 16.9. The van der Waals surface area contributed by atoms with Gasteiger partial charge in [0.05, 0.1) is 0 Å². The first-order valence-electron chi connectivity index (χ1n) is 28.7. The van der Waals surface area contributed by atoms with Crippen LogP contribution in [0.1, 0.15) is 324 Å². The molecule has 6 heteroatoms. The zero-order chi connectivity index (χ0) is 46.8. The summed E-state index contributed by atoms with van der Waals surface area (Å²) in [6.45, 7) is 11.4. The van der Waals surface area contributed by atoms with E-state index < -0.39 is 6.10 Å². The van der Waals surface area contributed by atoms with Crippen LogP contribution in [0.4, 0.5) is 0 Å². The van der Waals surface area contributed by atoms with E-state index in [0.717, 1.165) is 69.6 Å². The highest BCUT2D eigenvalue weighted by Crippen LogP contribution is 2.18. The molecule has 380 valence electrons. The molecule has 0 unspecified atom stereocenters. The molecule has 0 aromatic heterocycles. The van der Waals surface area contributed by atoms with E-state index in [2.05, 4.69) is 34.6 Å². The fraction of sp³-hybridized carbons (Fsp3) is 0.948. The Balaban J connectivity index is 4.31. The predicted molar refractivity (Wildman–Crippen MR) is 275 cm³/mol. The van der Waals surface area contributed by atoms with Gasteiger partial charge in [0, 0.05) is 19.3 Å². The van der Waals surface area contributed by atoms with Crippen LogP contribution in [0.5, 0.6) is 0 Å². The lowest BCUT2D eigenvalue weighted by Gasteiger charge is -2.18. The molecule has 0 rings (SSSR count). The van der Waals surface area contributed by atoms with Gasteiger partial charge >= 0.3 is 17.9 Å². The monoisotopic (exact) mass is 905 g/mol. The van der Waals surface area contributed by atoms with Crippen LogP contribution in [0.3, 0.4) is 0 Å².